The van der Waals surface area contributed by atoms with Gasteiger partial charge in [0.2, 0.25) is 26.6 Å². The molecule has 2 heterocycles. The zero-order chi connectivity index (χ0) is 27.9. The summed E-state index contributed by atoms with van der Waals surface area (Å²) in [5.41, 5.74) is -0.716. The molecule has 0 radical (unpaired) electrons. The summed E-state index contributed by atoms with van der Waals surface area (Å²) in [7, 11) is -10.5. The number of hydrogen-bond donors (Lipinski definition) is 4. The third kappa shape index (κ3) is 7.10. The lowest BCUT2D eigenvalue weighted by Gasteiger charge is -2.52. The monoisotopic (exact) mass is 564 g/mol. The third-order valence-electron chi connectivity index (χ3n) is 6.31. The third-order valence-corrected chi connectivity index (χ3v) is 7.17. The molecule has 6 N–H and O–H groups in total. The summed E-state index contributed by atoms with van der Waals surface area (Å²) < 4.78 is 92.0. The Bertz CT molecular complexity index is 1070. The number of rotatable bonds is 10. The average molecular weight is 565 g/mol. The van der Waals surface area contributed by atoms with Crippen LogP contribution in [0.2, 0.25) is 0 Å². The first-order valence-corrected chi connectivity index (χ1v) is 13.1. The molecule has 0 aromatic heterocycles. The molecule has 2 aliphatic heterocycles. The van der Waals surface area contributed by atoms with Crippen molar-refractivity contribution in [1.29, 1.82) is 0 Å². The first-order valence-electron chi connectivity index (χ1n) is 10.4. The van der Waals surface area contributed by atoms with Crippen molar-refractivity contribution in [2.75, 3.05) is 19.8 Å². The van der Waals surface area contributed by atoms with Crippen molar-refractivity contribution in [3.63, 3.8) is 0 Å². The van der Waals surface area contributed by atoms with E-state index in [1.165, 1.54) is 6.92 Å². The normalized spacial score (nSPS) is 37.1. The van der Waals surface area contributed by atoms with Crippen LogP contribution in [0.5, 0.6) is 0 Å². The number of carboxylic acid groups (broad SMARTS) is 1. The zero-order valence-corrected chi connectivity index (χ0v) is 21.5. The molecule has 0 bridgehead atoms. The summed E-state index contributed by atoms with van der Waals surface area (Å²) >= 11 is 0. The predicted octanol–water partition coefficient (Wildman–Crippen LogP) is -3.40. The van der Waals surface area contributed by atoms with E-state index in [2.05, 4.69) is 14.1 Å². The minimum atomic E-state index is -5.38. The minimum Gasteiger partial charge on any atom is -0.726 e. The highest BCUT2D eigenvalue weighted by atomic mass is 32.3. The van der Waals surface area contributed by atoms with E-state index in [-0.39, 0.29) is 0 Å². The molecule has 0 amide bonds. The standard InChI is InChI=1S/C18H31NO15S2/c1-16(2)12(19)13(21)17(3,11(33-16)6-31-35(24,25)26)7-30-8-18(4)14(34-36(27,28)29)9(20)5-10(32-18)15(22)23/h5,9,11-14,20-21H,6-8,19H2,1-4H3,(H,22,23)(H,24,25,26)(H,27,28,29)/p-1/t9-,11?,12?,13+,14?,17+,18+/m0/s1. The van der Waals surface area contributed by atoms with E-state index in [0.29, 0.717) is 6.08 Å². The molecule has 7 atom stereocenters. The van der Waals surface area contributed by atoms with Crippen LogP contribution in [0.3, 0.4) is 0 Å². The first-order chi connectivity index (χ1) is 16.1. The van der Waals surface area contributed by atoms with Crippen molar-refractivity contribution >= 4 is 26.8 Å². The van der Waals surface area contributed by atoms with Crippen LogP contribution < -0.4 is 5.73 Å². The van der Waals surface area contributed by atoms with Gasteiger partial charge in [0.05, 0.1) is 31.3 Å². The quantitative estimate of drug-likeness (QED) is 0.149. The Hall–Kier alpha value is -1.45. The van der Waals surface area contributed by atoms with Gasteiger partial charge in [-0.3, -0.25) is 8.37 Å². The lowest BCUT2D eigenvalue weighted by atomic mass is 9.70. The molecule has 1 saturated heterocycles. The predicted molar refractivity (Wildman–Crippen MR) is 112 cm³/mol. The summed E-state index contributed by atoms with van der Waals surface area (Å²) in [6, 6.07) is -0.780. The number of aliphatic hydroxyl groups excluding tert-OH is 2. The van der Waals surface area contributed by atoms with Crippen LogP contribution in [-0.2, 0) is 48.2 Å². The molecule has 0 saturated carbocycles. The first kappa shape index (κ1) is 30.8. The van der Waals surface area contributed by atoms with Crippen LogP contribution >= 0.6 is 0 Å². The van der Waals surface area contributed by atoms with E-state index >= 15 is 0 Å². The van der Waals surface area contributed by atoms with E-state index in [4.69, 9.17) is 14.2 Å². The zero-order valence-electron chi connectivity index (χ0n) is 19.8. The van der Waals surface area contributed by atoms with Gasteiger partial charge in [-0.05, 0) is 26.8 Å². The highest BCUT2D eigenvalue weighted by molar-refractivity contribution is 7.81. The molecule has 3 unspecified atom stereocenters. The van der Waals surface area contributed by atoms with Gasteiger partial charge in [0.1, 0.15) is 30.0 Å². The van der Waals surface area contributed by atoms with Crippen LogP contribution in [-0.4, -0.2) is 109 Å². The molecule has 1 fully saturated rings. The fraction of sp³-hybridized carbons (Fsp3) is 0.833. The van der Waals surface area contributed by atoms with Crippen molar-refractivity contribution < 1.29 is 74.4 Å². The Balaban J connectivity index is 2.31. The Morgan fingerprint density at radius 1 is 1.11 bits per heavy atom. The second-order valence-electron chi connectivity index (χ2n) is 9.62. The summed E-state index contributed by atoms with van der Waals surface area (Å²) in [6.45, 7) is 3.77. The van der Waals surface area contributed by atoms with Crippen molar-refractivity contribution in [2.45, 2.75) is 69.4 Å². The molecule has 0 aromatic rings. The largest absolute Gasteiger partial charge is 0.726 e. The van der Waals surface area contributed by atoms with Gasteiger partial charge in [0.25, 0.3) is 0 Å². The second kappa shape index (κ2) is 10.4. The summed E-state index contributed by atoms with van der Waals surface area (Å²) in [5, 5.41) is 30.5. The van der Waals surface area contributed by atoms with Crippen LogP contribution in [0.4, 0.5) is 0 Å². The number of quaternary nitrogens is 1. The fourth-order valence-electron chi connectivity index (χ4n) is 4.10. The maximum atomic E-state index is 11.4. The highest BCUT2D eigenvalue weighted by Gasteiger charge is 2.58. The van der Waals surface area contributed by atoms with Gasteiger partial charge in [0.15, 0.2) is 5.60 Å². The molecule has 16 nitrogen and oxygen atoms in total. The second-order valence-corrected chi connectivity index (χ2v) is 11.7. The molecule has 18 heteroatoms. The average Bonchev–Trinajstić information content (AvgIpc) is 2.70. The molecule has 0 aromatic carbocycles. The van der Waals surface area contributed by atoms with E-state index in [0.717, 1.165) is 6.92 Å². The minimum absolute atomic E-state index is 0.471. The van der Waals surface area contributed by atoms with Crippen molar-refractivity contribution in [3.8, 4) is 0 Å². The van der Waals surface area contributed by atoms with Crippen LogP contribution in [0.15, 0.2) is 11.8 Å². The molecular weight excluding hydrogens is 534 g/mol. The lowest BCUT2D eigenvalue weighted by molar-refractivity contribution is -0.498. The molecule has 0 spiro atoms. The summed E-state index contributed by atoms with van der Waals surface area (Å²) in [4.78, 5) is 11.4. The van der Waals surface area contributed by atoms with Crippen molar-refractivity contribution in [2.24, 2.45) is 5.41 Å². The summed E-state index contributed by atoms with van der Waals surface area (Å²) in [6.07, 6.45) is -5.69. The smallest absolute Gasteiger partial charge is 0.370 e. The fourth-order valence-corrected chi connectivity index (χ4v) is 4.96. The van der Waals surface area contributed by atoms with Crippen LogP contribution in [0.1, 0.15) is 27.7 Å². The molecule has 2 rings (SSSR count). The Labute approximate surface area is 207 Å². The Morgan fingerprint density at radius 2 is 1.69 bits per heavy atom. The number of carboxylic acids is 1. The molecular formula is C18H30NO15S2-. The van der Waals surface area contributed by atoms with Crippen LogP contribution in [0.25, 0.3) is 0 Å². The lowest BCUT2D eigenvalue weighted by Crippen LogP contribution is -2.82. The number of carbonyl (C=O) groups is 1. The van der Waals surface area contributed by atoms with Crippen LogP contribution in [0, 0.1) is 5.41 Å². The maximum absolute atomic E-state index is 11.4. The Kier molecular flexibility index (Phi) is 8.86. The topological polar surface area (TPSA) is 266 Å². The molecule has 2 aliphatic rings. The van der Waals surface area contributed by atoms with Crippen molar-refractivity contribution in [3.05, 3.63) is 11.8 Å². The number of ether oxygens (including phenoxy) is 3. The van der Waals surface area contributed by atoms with E-state index < -0.39 is 99.4 Å². The highest BCUT2D eigenvalue weighted by Crippen LogP contribution is 2.41. The van der Waals surface area contributed by atoms with E-state index in [1.54, 1.807) is 13.8 Å². The van der Waals surface area contributed by atoms with Gasteiger partial charge in [-0.1, -0.05) is 6.92 Å². The summed E-state index contributed by atoms with van der Waals surface area (Å²) in [5.74, 6) is -2.37. The van der Waals surface area contributed by atoms with Crippen molar-refractivity contribution in [1.82, 2.24) is 0 Å². The van der Waals surface area contributed by atoms with Gasteiger partial charge in [-0.15, -0.1) is 0 Å². The maximum Gasteiger partial charge on any atom is 0.370 e. The number of aliphatic hydroxyl groups is 2. The van der Waals surface area contributed by atoms with Gasteiger partial charge in [-0.2, -0.15) is 0 Å². The van der Waals surface area contributed by atoms with Gasteiger partial charge in [-0.25, -0.2) is 21.6 Å². The molecule has 0 aliphatic carbocycles. The van der Waals surface area contributed by atoms with Gasteiger partial charge in [0, 0.05) is 0 Å². The molecule has 36 heavy (non-hydrogen) atoms. The number of aliphatic carboxylic acids is 1. The van der Waals surface area contributed by atoms with E-state index in [9.17, 15) is 46.1 Å². The molecule has 210 valence electrons. The van der Waals surface area contributed by atoms with Gasteiger partial charge >= 0.3 is 5.97 Å². The Morgan fingerprint density at radius 3 is 2.19 bits per heavy atom. The van der Waals surface area contributed by atoms with Gasteiger partial charge < -0.3 is 44.4 Å². The van der Waals surface area contributed by atoms with E-state index in [1.807, 2.05) is 0 Å². The number of hydrogen-bond acceptors (Lipinski definition) is 14. The SMILES string of the molecule is CC1(C)OC(COS(=O)(=O)[O-])[C@@](C)(COC[C@@]2(C)OC(C(=O)O)=C[C@H](O)C2OS(=O)(=O)[O-])[C@H](O)C1[NH3+].